The Balaban J connectivity index is 2.18. The second kappa shape index (κ2) is 3.97. The van der Waals surface area contributed by atoms with Crippen LogP contribution in [0, 0.1) is 6.92 Å². The third-order valence-corrected chi connectivity index (χ3v) is 1.83. The van der Waals surface area contributed by atoms with Gasteiger partial charge in [-0.3, -0.25) is 10.1 Å². The zero-order valence-electron chi connectivity index (χ0n) is 8.47. The van der Waals surface area contributed by atoms with Crippen molar-refractivity contribution in [2.45, 2.75) is 6.92 Å². The summed E-state index contributed by atoms with van der Waals surface area (Å²) < 4.78 is 4.74. The summed E-state index contributed by atoms with van der Waals surface area (Å²) in [6.45, 7) is 1.65. The number of nitrogens with zero attached hydrogens (tertiary/aromatic N) is 3. The van der Waals surface area contributed by atoms with E-state index in [1.165, 1.54) is 6.20 Å². The summed E-state index contributed by atoms with van der Waals surface area (Å²) in [7, 11) is 0. The third kappa shape index (κ3) is 1.97. The summed E-state index contributed by atoms with van der Waals surface area (Å²) in [6.07, 6.45) is 1.50. The van der Waals surface area contributed by atoms with Gasteiger partial charge < -0.3 is 10.3 Å². The molecule has 0 unspecified atom stereocenters. The minimum Gasteiger partial charge on any atom is -0.383 e. The molecule has 0 atom stereocenters. The first kappa shape index (κ1) is 10.1. The molecule has 0 aliphatic carbocycles. The van der Waals surface area contributed by atoms with Crippen LogP contribution in [0.3, 0.4) is 0 Å². The lowest BCUT2D eigenvalue weighted by molar-refractivity contribution is 0.102. The normalized spacial score (nSPS) is 10.1. The molecule has 0 spiro atoms. The predicted octanol–water partition coefficient (Wildman–Crippen LogP) is 0.608. The van der Waals surface area contributed by atoms with Crippen molar-refractivity contribution in [1.29, 1.82) is 0 Å². The van der Waals surface area contributed by atoms with Gasteiger partial charge in [-0.15, -0.1) is 0 Å². The molecule has 2 aromatic heterocycles. The van der Waals surface area contributed by atoms with E-state index in [1.807, 2.05) is 0 Å². The fourth-order valence-corrected chi connectivity index (χ4v) is 1.12. The van der Waals surface area contributed by atoms with E-state index in [0.717, 1.165) is 0 Å². The van der Waals surface area contributed by atoms with Crippen molar-refractivity contribution in [3.8, 4) is 0 Å². The Morgan fingerprint density at radius 2 is 2.38 bits per heavy atom. The van der Waals surface area contributed by atoms with Crippen molar-refractivity contribution < 1.29 is 9.32 Å². The molecule has 2 aromatic rings. The number of aromatic nitrogens is 3. The van der Waals surface area contributed by atoms with Crippen LogP contribution in [-0.2, 0) is 0 Å². The molecule has 0 aliphatic rings. The van der Waals surface area contributed by atoms with E-state index in [0.29, 0.717) is 5.82 Å². The van der Waals surface area contributed by atoms with Crippen LogP contribution < -0.4 is 11.1 Å². The molecule has 3 N–H and O–H groups in total. The SMILES string of the molecule is Cc1noc(NC(=O)c2cccnc2N)n1. The van der Waals surface area contributed by atoms with Crippen molar-refractivity contribution in [2.24, 2.45) is 0 Å². The number of nitrogen functional groups attached to an aromatic ring is 1. The molecule has 0 radical (unpaired) electrons. The lowest BCUT2D eigenvalue weighted by Gasteiger charge is -2.01. The lowest BCUT2D eigenvalue weighted by atomic mass is 10.2. The van der Waals surface area contributed by atoms with E-state index in [2.05, 4.69) is 20.4 Å². The number of carbonyl (C=O) groups is 1. The van der Waals surface area contributed by atoms with Gasteiger partial charge in [-0.2, -0.15) is 4.98 Å². The van der Waals surface area contributed by atoms with Gasteiger partial charge in [0.25, 0.3) is 5.91 Å². The monoisotopic (exact) mass is 219 g/mol. The smallest absolute Gasteiger partial charge is 0.328 e. The van der Waals surface area contributed by atoms with Gasteiger partial charge in [-0.25, -0.2) is 4.98 Å². The van der Waals surface area contributed by atoms with E-state index >= 15 is 0 Å². The predicted molar refractivity (Wildman–Crippen MR) is 55.6 cm³/mol. The number of amides is 1. The molecule has 7 heteroatoms. The fraction of sp³-hybridized carbons (Fsp3) is 0.111. The largest absolute Gasteiger partial charge is 0.383 e. The molecule has 0 aliphatic heterocycles. The number of nitrogens with two attached hydrogens (primary N) is 1. The van der Waals surface area contributed by atoms with Crippen molar-refractivity contribution in [3.63, 3.8) is 0 Å². The number of rotatable bonds is 2. The van der Waals surface area contributed by atoms with Gasteiger partial charge in [0.15, 0.2) is 5.82 Å². The van der Waals surface area contributed by atoms with E-state index in [9.17, 15) is 4.79 Å². The first-order valence-corrected chi connectivity index (χ1v) is 4.49. The van der Waals surface area contributed by atoms with Crippen molar-refractivity contribution >= 4 is 17.7 Å². The Bertz CT molecular complexity index is 522. The summed E-state index contributed by atoms with van der Waals surface area (Å²) in [5, 5.41) is 5.96. The summed E-state index contributed by atoms with van der Waals surface area (Å²) in [4.78, 5) is 19.3. The van der Waals surface area contributed by atoms with Crippen LogP contribution in [0.2, 0.25) is 0 Å². The highest BCUT2D eigenvalue weighted by molar-refractivity contribution is 6.06. The van der Waals surface area contributed by atoms with Crippen molar-refractivity contribution in [3.05, 3.63) is 29.7 Å². The second-order valence-corrected chi connectivity index (χ2v) is 3.04. The molecule has 2 rings (SSSR count). The zero-order chi connectivity index (χ0) is 11.5. The van der Waals surface area contributed by atoms with Gasteiger partial charge in [0, 0.05) is 6.20 Å². The average molecular weight is 219 g/mol. The first-order chi connectivity index (χ1) is 7.66. The van der Waals surface area contributed by atoms with E-state index < -0.39 is 5.91 Å². The highest BCUT2D eigenvalue weighted by Gasteiger charge is 2.13. The van der Waals surface area contributed by atoms with Crippen LogP contribution in [-0.4, -0.2) is 21.0 Å². The number of hydrogen-bond acceptors (Lipinski definition) is 6. The molecule has 2 heterocycles. The second-order valence-electron chi connectivity index (χ2n) is 3.04. The molecular formula is C9H9N5O2. The average Bonchev–Trinajstić information content (AvgIpc) is 2.64. The number of anilines is 2. The Hall–Kier alpha value is -2.44. The number of pyridine rings is 1. The summed E-state index contributed by atoms with van der Waals surface area (Å²) in [5.74, 6) is 0.153. The van der Waals surface area contributed by atoms with Crippen LogP contribution in [0.25, 0.3) is 0 Å². The zero-order valence-corrected chi connectivity index (χ0v) is 8.47. The summed E-state index contributed by atoms with van der Waals surface area (Å²) in [6, 6.07) is 3.20. The Morgan fingerprint density at radius 1 is 1.56 bits per heavy atom. The molecule has 7 nitrogen and oxygen atoms in total. The minimum absolute atomic E-state index is 0.0331. The van der Waals surface area contributed by atoms with Crippen LogP contribution in [0.4, 0.5) is 11.8 Å². The molecule has 0 bridgehead atoms. The molecule has 0 saturated heterocycles. The van der Waals surface area contributed by atoms with Gasteiger partial charge in [0.2, 0.25) is 0 Å². The van der Waals surface area contributed by atoms with Crippen molar-refractivity contribution in [2.75, 3.05) is 11.1 Å². The van der Waals surface area contributed by atoms with Crippen molar-refractivity contribution in [1.82, 2.24) is 15.1 Å². The summed E-state index contributed by atoms with van der Waals surface area (Å²) in [5.41, 5.74) is 5.80. The Kier molecular flexibility index (Phi) is 2.50. The first-order valence-electron chi connectivity index (χ1n) is 4.49. The maximum atomic E-state index is 11.7. The molecule has 0 fully saturated rings. The van der Waals surface area contributed by atoms with Crippen LogP contribution in [0.5, 0.6) is 0 Å². The third-order valence-electron chi connectivity index (χ3n) is 1.83. The number of nitrogens with one attached hydrogen (secondary N) is 1. The fourth-order valence-electron chi connectivity index (χ4n) is 1.12. The maximum absolute atomic E-state index is 11.7. The van der Waals surface area contributed by atoms with Gasteiger partial charge in [-0.05, 0) is 19.1 Å². The van der Waals surface area contributed by atoms with Crippen LogP contribution >= 0.6 is 0 Å². The van der Waals surface area contributed by atoms with E-state index in [-0.39, 0.29) is 17.4 Å². The number of carbonyl (C=O) groups excluding carboxylic acids is 1. The highest BCUT2D eigenvalue weighted by Crippen LogP contribution is 2.10. The number of hydrogen-bond donors (Lipinski definition) is 2. The van der Waals surface area contributed by atoms with E-state index in [4.69, 9.17) is 10.3 Å². The number of aryl methyl sites for hydroxylation is 1. The summed E-state index contributed by atoms with van der Waals surface area (Å²) >= 11 is 0. The van der Waals surface area contributed by atoms with Gasteiger partial charge in [0.1, 0.15) is 5.82 Å². The van der Waals surface area contributed by atoms with Crippen LogP contribution in [0.1, 0.15) is 16.2 Å². The minimum atomic E-state index is -0.436. The molecule has 1 amide bonds. The van der Waals surface area contributed by atoms with Gasteiger partial charge in [0.05, 0.1) is 5.56 Å². The Morgan fingerprint density at radius 3 is 3.00 bits per heavy atom. The maximum Gasteiger partial charge on any atom is 0.328 e. The molecular weight excluding hydrogens is 210 g/mol. The lowest BCUT2D eigenvalue weighted by Crippen LogP contribution is -2.14. The quantitative estimate of drug-likeness (QED) is 0.766. The standard InChI is InChI=1S/C9H9N5O2/c1-5-12-9(16-14-5)13-8(15)6-3-2-4-11-7(6)10/h2-4H,1H3,(H2,10,11)(H,12,13,14,15). The van der Waals surface area contributed by atoms with Crippen LogP contribution in [0.15, 0.2) is 22.9 Å². The molecule has 0 aromatic carbocycles. The topological polar surface area (TPSA) is 107 Å². The molecule has 0 saturated carbocycles. The van der Waals surface area contributed by atoms with E-state index in [1.54, 1.807) is 19.1 Å². The van der Waals surface area contributed by atoms with Gasteiger partial charge >= 0.3 is 6.01 Å². The molecule has 16 heavy (non-hydrogen) atoms. The molecule has 82 valence electrons. The van der Waals surface area contributed by atoms with Gasteiger partial charge in [-0.1, -0.05) is 5.16 Å². The highest BCUT2D eigenvalue weighted by atomic mass is 16.5. The Labute approximate surface area is 90.7 Å².